The molecule has 0 amide bonds. The van der Waals surface area contributed by atoms with Crippen molar-refractivity contribution in [2.45, 2.75) is 38.1 Å². The van der Waals surface area contributed by atoms with Gasteiger partial charge in [-0.3, -0.25) is 9.88 Å². The standard InChI is InChI=1S/C24H27ClN2O/c25-22-12-13-24(21-10-2-1-9-20(21)22)28-17-6-5-16-27-15-4-3-11-23(27)19-8-7-14-26-18-19/h1-2,7-10,12-14,18,23H,3-6,11,15-17H2. The van der Waals surface area contributed by atoms with Crippen molar-refractivity contribution in [1.82, 2.24) is 9.88 Å². The molecule has 1 aliphatic rings. The maximum atomic E-state index is 6.30. The van der Waals surface area contributed by atoms with E-state index in [0.29, 0.717) is 6.04 Å². The number of benzene rings is 2. The number of aromatic nitrogens is 1. The number of fused-ring (bicyclic) bond motifs is 1. The highest BCUT2D eigenvalue weighted by Gasteiger charge is 2.23. The maximum absolute atomic E-state index is 6.30. The Kier molecular flexibility index (Phi) is 6.45. The Bertz CT molecular complexity index is 900. The first kappa shape index (κ1) is 19.2. The Hall–Kier alpha value is -2.10. The smallest absolute Gasteiger partial charge is 0.127 e. The van der Waals surface area contributed by atoms with Gasteiger partial charge in [-0.1, -0.05) is 48.4 Å². The lowest BCUT2D eigenvalue weighted by Crippen LogP contribution is -2.34. The number of pyridine rings is 1. The predicted octanol–water partition coefficient (Wildman–Crippen LogP) is 6.27. The molecule has 3 aromatic rings. The van der Waals surface area contributed by atoms with Gasteiger partial charge in [0, 0.05) is 34.2 Å². The predicted molar refractivity (Wildman–Crippen MR) is 116 cm³/mol. The number of nitrogens with zero attached hydrogens (tertiary/aromatic N) is 2. The zero-order valence-electron chi connectivity index (χ0n) is 16.2. The van der Waals surface area contributed by atoms with E-state index in [9.17, 15) is 0 Å². The topological polar surface area (TPSA) is 25.4 Å². The fraction of sp³-hybridized carbons (Fsp3) is 0.375. The number of likely N-dealkylation sites (tertiary alicyclic amines) is 1. The molecule has 0 N–H and O–H groups in total. The SMILES string of the molecule is Clc1ccc(OCCCCN2CCCCC2c2cccnc2)c2ccccc12. The highest BCUT2D eigenvalue weighted by Crippen LogP contribution is 2.32. The quantitative estimate of drug-likeness (QED) is 0.441. The van der Waals surface area contributed by atoms with Gasteiger partial charge in [-0.25, -0.2) is 0 Å². The molecular formula is C24H27ClN2O. The monoisotopic (exact) mass is 394 g/mol. The van der Waals surface area contributed by atoms with E-state index in [1.165, 1.54) is 31.4 Å². The molecule has 2 heterocycles. The van der Waals surface area contributed by atoms with Crippen LogP contribution < -0.4 is 4.74 Å². The number of halogens is 1. The van der Waals surface area contributed by atoms with Crippen molar-refractivity contribution in [1.29, 1.82) is 0 Å². The summed E-state index contributed by atoms with van der Waals surface area (Å²) in [4.78, 5) is 6.94. The average molecular weight is 395 g/mol. The van der Waals surface area contributed by atoms with Crippen LogP contribution in [0.2, 0.25) is 5.02 Å². The fourth-order valence-corrected chi connectivity index (χ4v) is 4.40. The minimum atomic E-state index is 0.517. The van der Waals surface area contributed by atoms with Crippen molar-refractivity contribution in [2.75, 3.05) is 19.7 Å². The van der Waals surface area contributed by atoms with Gasteiger partial charge in [0.1, 0.15) is 5.75 Å². The molecule has 146 valence electrons. The molecule has 3 nitrogen and oxygen atoms in total. The molecule has 0 spiro atoms. The molecule has 0 radical (unpaired) electrons. The molecule has 1 aromatic heterocycles. The van der Waals surface area contributed by atoms with Crippen molar-refractivity contribution in [3.05, 3.63) is 71.5 Å². The van der Waals surface area contributed by atoms with E-state index in [-0.39, 0.29) is 0 Å². The molecule has 4 rings (SSSR count). The Morgan fingerprint density at radius 3 is 2.75 bits per heavy atom. The van der Waals surface area contributed by atoms with Crippen LogP contribution in [0.5, 0.6) is 5.75 Å². The zero-order chi connectivity index (χ0) is 19.2. The van der Waals surface area contributed by atoms with E-state index < -0.39 is 0 Å². The van der Waals surface area contributed by atoms with Crippen LogP contribution in [0.3, 0.4) is 0 Å². The second-order valence-electron chi connectivity index (χ2n) is 7.48. The first-order valence-corrected chi connectivity index (χ1v) is 10.6. The summed E-state index contributed by atoms with van der Waals surface area (Å²) in [5, 5.41) is 2.91. The normalized spacial score (nSPS) is 17.7. The number of piperidine rings is 1. The highest BCUT2D eigenvalue weighted by molar-refractivity contribution is 6.35. The number of hydrogen-bond acceptors (Lipinski definition) is 3. The van der Waals surface area contributed by atoms with Gasteiger partial charge in [0.15, 0.2) is 0 Å². The van der Waals surface area contributed by atoms with Gasteiger partial charge in [0.2, 0.25) is 0 Å². The molecule has 1 unspecified atom stereocenters. The van der Waals surface area contributed by atoms with Crippen LogP contribution in [-0.2, 0) is 0 Å². The second kappa shape index (κ2) is 9.40. The molecule has 1 saturated heterocycles. The third-order valence-electron chi connectivity index (χ3n) is 5.61. The average Bonchev–Trinajstić information content (AvgIpc) is 2.76. The largest absolute Gasteiger partial charge is 0.493 e. The summed E-state index contributed by atoms with van der Waals surface area (Å²) in [7, 11) is 0. The van der Waals surface area contributed by atoms with Crippen molar-refractivity contribution < 1.29 is 4.74 Å². The summed E-state index contributed by atoms with van der Waals surface area (Å²) < 4.78 is 6.09. The van der Waals surface area contributed by atoms with Crippen molar-refractivity contribution in [3.8, 4) is 5.75 Å². The lowest BCUT2D eigenvalue weighted by Gasteiger charge is -2.35. The van der Waals surface area contributed by atoms with E-state index >= 15 is 0 Å². The number of unbranched alkanes of at least 4 members (excludes halogenated alkanes) is 1. The maximum Gasteiger partial charge on any atom is 0.127 e. The number of ether oxygens (including phenoxy) is 1. The number of hydrogen-bond donors (Lipinski definition) is 0. The zero-order valence-corrected chi connectivity index (χ0v) is 16.9. The fourth-order valence-electron chi connectivity index (χ4n) is 4.17. The molecule has 0 aliphatic carbocycles. The van der Waals surface area contributed by atoms with Gasteiger partial charge in [-0.05, 0) is 62.5 Å². The highest BCUT2D eigenvalue weighted by atomic mass is 35.5. The molecule has 1 aliphatic heterocycles. The summed E-state index contributed by atoms with van der Waals surface area (Å²) in [6.45, 7) is 3.03. The Morgan fingerprint density at radius 1 is 1.00 bits per heavy atom. The Morgan fingerprint density at radius 2 is 1.89 bits per heavy atom. The van der Waals surface area contributed by atoms with Gasteiger partial charge < -0.3 is 4.74 Å². The van der Waals surface area contributed by atoms with E-state index in [4.69, 9.17) is 16.3 Å². The van der Waals surface area contributed by atoms with Crippen molar-refractivity contribution >= 4 is 22.4 Å². The van der Waals surface area contributed by atoms with Gasteiger partial charge in [0.05, 0.1) is 6.61 Å². The van der Waals surface area contributed by atoms with Crippen molar-refractivity contribution in [2.24, 2.45) is 0 Å². The van der Waals surface area contributed by atoms with Gasteiger partial charge in [-0.2, -0.15) is 0 Å². The third kappa shape index (κ3) is 4.48. The molecule has 28 heavy (non-hydrogen) atoms. The molecule has 0 bridgehead atoms. The summed E-state index contributed by atoms with van der Waals surface area (Å²) in [6, 6.07) is 16.8. The van der Waals surface area contributed by atoms with Gasteiger partial charge in [-0.15, -0.1) is 0 Å². The number of rotatable bonds is 7. The first-order chi connectivity index (χ1) is 13.8. The van der Waals surface area contributed by atoms with E-state index in [1.807, 2.05) is 48.8 Å². The summed E-state index contributed by atoms with van der Waals surface area (Å²) >= 11 is 6.30. The first-order valence-electron chi connectivity index (χ1n) is 10.3. The van der Waals surface area contributed by atoms with Gasteiger partial charge in [0.25, 0.3) is 0 Å². The molecule has 0 saturated carbocycles. The Balaban J connectivity index is 1.29. The molecular weight excluding hydrogens is 368 g/mol. The minimum Gasteiger partial charge on any atom is -0.493 e. The van der Waals surface area contributed by atoms with Crippen LogP contribution in [0.4, 0.5) is 0 Å². The van der Waals surface area contributed by atoms with E-state index in [1.54, 1.807) is 0 Å². The van der Waals surface area contributed by atoms with E-state index in [0.717, 1.165) is 47.5 Å². The molecule has 2 aromatic carbocycles. The van der Waals surface area contributed by atoms with Crippen LogP contribution in [0, 0.1) is 0 Å². The minimum absolute atomic E-state index is 0.517. The van der Waals surface area contributed by atoms with Crippen LogP contribution in [0.15, 0.2) is 60.9 Å². The molecule has 1 atom stereocenters. The summed E-state index contributed by atoms with van der Waals surface area (Å²) in [5.74, 6) is 0.922. The van der Waals surface area contributed by atoms with Crippen molar-refractivity contribution in [3.63, 3.8) is 0 Å². The van der Waals surface area contributed by atoms with Crippen LogP contribution >= 0.6 is 11.6 Å². The third-order valence-corrected chi connectivity index (χ3v) is 5.94. The molecule has 1 fully saturated rings. The second-order valence-corrected chi connectivity index (χ2v) is 7.89. The van der Waals surface area contributed by atoms with Gasteiger partial charge >= 0.3 is 0 Å². The summed E-state index contributed by atoms with van der Waals surface area (Å²) in [6.07, 6.45) is 9.91. The Labute approximate surface area is 172 Å². The lowest BCUT2D eigenvalue weighted by atomic mass is 9.96. The van der Waals surface area contributed by atoms with Crippen LogP contribution in [0.1, 0.15) is 43.7 Å². The molecule has 4 heteroatoms. The lowest BCUT2D eigenvalue weighted by molar-refractivity contribution is 0.143. The summed E-state index contributed by atoms with van der Waals surface area (Å²) in [5.41, 5.74) is 1.35. The van der Waals surface area contributed by atoms with E-state index in [2.05, 4.69) is 22.0 Å². The van der Waals surface area contributed by atoms with Crippen LogP contribution in [-0.4, -0.2) is 29.6 Å². The van der Waals surface area contributed by atoms with Crippen LogP contribution in [0.25, 0.3) is 10.8 Å².